The first kappa shape index (κ1) is 63.9. The van der Waals surface area contributed by atoms with Crippen molar-refractivity contribution in [2.24, 2.45) is 11.8 Å². The lowest BCUT2D eigenvalue weighted by molar-refractivity contribution is -0.150. The molecule has 2 atom stereocenters. The van der Waals surface area contributed by atoms with Crippen LogP contribution in [0.1, 0.15) is 318 Å². The number of carbonyl (C=O) groups excluding carboxylic acids is 2. The maximum Gasteiger partial charge on any atom is 0.308 e. The lowest BCUT2D eigenvalue weighted by Crippen LogP contribution is -2.30. The summed E-state index contributed by atoms with van der Waals surface area (Å²) in [6.45, 7) is 18.1. The van der Waals surface area contributed by atoms with Crippen LogP contribution in [-0.2, 0) is 19.1 Å². The van der Waals surface area contributed by atoms with E-state index in [1.54, 1.807) is 0 Å². The topological polar surface area (TPSA) is 76.1 Å². The minimum absolute atomic E-state index is 0.0478. The van der Waals surface area contributed by atoms with Gasteiger partial charge in [-0.25, -0.2) is 0 Å². The third-order valence-electron chi connectivity index (χ3n) is 14.3. The molecule has 6 nitrogen and oxygen atoms in total. The molecule has 0 heterocycles. The van der Waals surface area contributed by atoms with E-state index < -0.39 is 5.60 Å². The van der Waals surface area contributed by atoms with Crippen LogP contribution >= 0.6 is 0 Å². The average molecular weight is 921 g/mol. The maximum absolute atomic E-state index is 13.2. The fourth-order valence-corrected chi connectivity index (χ4v) is 9.98. The summed E-state index contributed by atoms with van der Waals surface area (Å²) in [4.78, 5) is 29.0. The number of hydrogen-bond acceptors (Lipinski definition) is 6. The first-order valence-corrected chi connectivity index (χ1v) is 29.6. The largest absolute Gasteiger partial charge is 0.465 e. The molecule has 6 heteroatoms. The van der Waals surface area contributed by atoms with E-state index in [2.05, 4.69) is 46.4 Å². The summed E-state index contributed by atoms with van der Waals surface area (Å²) in [5.74, 6) is 0.235. The van der Waals surface area contributed by atoms with Gasteiger partial charge in [0.05, 0.1) is 30.7 Å². The highest BCUT2D eigenvalue weighted by Gasteiger charge is 2.26. The lowest BCUT2D eigenvalue weighted by atomic mass is 9.85. The van der Waals surface area contributed by atoms with Crippen LogP contribution in [0.3, 0.4) is 0 Å². The molecule has 0 radical (unpaired) electrons. The van der Waals surface area contributed by atoms with Gasteiger partial charge in [-0.05, 0) is 103 Å². The van der Waals surface area contributed by atoms with Crippen molar-refractivity contribution in [3.8, 4) is 0 Å². The molecule has 0 bridgehead atoms. The summed E-state index contributed by atoms with van der Waals surface area (Å²) in [5, 5.41) is 12.0. The van der Waals surface area contributed by atoms with Crippen LogP contribution < -0.4 is 0 Å². The van der Waals surface area contributed by atoms with Crippen molar-refractivity contribution in [3.05, 3.63) is 0 Å². The summed E-state index contributed by atoms with van der Waals surface area (Å²) >= 11 is 0. The van der Waals surface area contributed by atoms with Gasteiger partial charge in [-0.2, -0.15) is 0 Å². The van der Waals surface area contributed by atoms with Gasteiger partial charge in [-0.1, -0.05) is 234 Å². The molecular formula is C59H117NO5. The summed E-state index contributed by atoms with van der Waals surface area (Å²) in [6, 6.07) is 0. The Morgan fingerprint density at radius 2 is 0.631 bits per heavy atom. The zero-order valence-corrected chi connectivity index (χ0v) is 45.1. The molecule has 0 amide bonds. The fourth-order valence-electron chi connectivity index (χ4n) is 9.98. The van der Waals surface area contributed by atoms with Crippen molar-refractivity contribution in [2.45, 2.75) is 323 Å². The van der Waals surface area contributed by atoms with E-state index in [1.807, 2.05) is 0 Å². The third kappa shape index (κ3) is 41.5. The van der Waals surface area contributed by atoms with Crippen LogP contribution in [0.15, 0.2) is 0 Å². The summed E-state index contributed by atoms with van der Waals surface area (Å²) in [5.41, 5.74) is -0.611. The zero-order chi connectivity index (χ0) is 47.7. The molecule has 0 spiro atoms. The molecule has 0 aliphatic rings. The van der Waals surface area contributed by atoms with Crippen molar-refractivity contribution in [3.63, 3.8) is 0 Å². The van der Waals surface area contributed by atoms with Gasteiger partial charge in [0.2, 0.25) is 0 Å². The second-order valence-electron chi connectivity index (χ2n) is 20.8. The van der Waals surface area contributed by atoms with E-state index in [9.17, 15) is 14.7 Å². The van der Waals surface area contributed by atoms with E-state index in [-0.39, 0.29) is 23.8 Å². The Morgan fingerprint density at radius 3 is 0.954 bits per heavy atom. The number of unbranched alkanes of at least 4 members (excludes halogenated alkanes) is 27. The van der Waals surface area contributed by atoms with Gasteiger partial charge in [-0.3, -0.25) is 9.59 Å². The lowest BCUT2D eigenvalue weighted by Gasteiger charge is -2.29. The molecule has 2 unspecified atom stereocenters. The van der Waals surface area contributed by atoms with Gasteiger partial charge in [-0.15, -0.1) is 0 Å². The van der Waals surface area contributed by atoms with E-state index in [1.165, 1.54) is 154 Å². The molecule has 0 aromatic carbocycles. The Balaban J connectivity index is 4.91. The Hall–Kier alpha value is -1.14. The SMILES string of the molecule is CCCCCCCCCC(CCCCCCC)C(=O)OCCCCCCC(O)(CCCCCCOC(=O)C(CCCCCCC)CCCCCCCCC)CCCCN(CCC)CCC. The monoisotopic (exact) mass is 920 g/mol. The molecule has 0 saturated carbocycles. The molecule has 65 heavy (non-hydrogen) atoms. The Bertz CT molecular complexity index is 920. The van der Waals surface area contributed by atoms with Crippen molar-refractivity contribution in [1.82, 2.24) is 4.90 Å². The average Bonchev–Trinajstić information content (AvgIpc) is 3.30. The Morgan fingerprint density at radius 1 is 0.354 bits per heavy atom. The molecule has 388 valence electrons. The molecule has 0 fully saturated rings. The number of carbonyl (C=O) groups is 2. The number of ether oxygens (including phenoxy) is 2. The summed E-state index contributed by atoms with van der Waals surface area (Å²) < 4.78 is 11.8. The molecule has 0 aliphatic heterocycles. The van der Waals surface area contributed by atoms with E-state index >= 15 is 0 Å². The second-order valence-corrected chi connectivity index (χ2v) is 20.8. The summed E-state index contributed by atoms with van der Waals surface area (Å²) in [6.07, 6.45) is 49.6. The van der Waals surface area contributed by atoms with Crippen molar-refractivity contribution in [2.75, 3.05) is 32.8 Å². The van der Waals surface area contributed by atoms with Crippen molar-refractivity contribution in [1.29, 1.82) is 0 Å². The van der Waals surface area contributed by atoms with Gasteiger partial charge in [0.15, 0.2) is 0 Å². The van der Waals surface area contributed by atoms with Gasteiger partial charge in [0, 0.05) is 0 Å². The highest BCUT2D eigenvalue weighted by Crippen LogP contribution is 2.29. The van der Waals surface area contributed by atoms with Crippen molar-refractivity contribution < 1.29 is 24.2 Å². The van der Waals surface area contributed by atoms with Crippen LogP contribution in [0.5, 0.6) is 0 Å². The quantitative estimate of drug-likeness (QED) is 0.0484. The van der Waals surface area contributed by atoms with E-state index in [0.29, 0.717) is 13.2 Å². The minimum Gasteiger partial charge on any atom is -0.465 e. The zero-order valence-electron chi connectivity index (χ0n) is 45.1. The first-order valence-electron chi connectivity index (χ1n) is 29.6. The first-order chi connectivity index (χ1) is 31.8. The Labute approximate surface area is 407 Å². The standard InChI is InChI=1S/C59H117NO5/c1-7-13-17-21-23-27-35-45-55(43-33-25-19-15-9-3)57(61)64-53-41-31-29-37-47-59(63,49-39-40-52-60(50-11-5)51-12-6)48-38-30-32-42-54-65-58(62)56(44-34-26-20-16-10-4)46-36-28-24-22-18-14-8-2/h55-56,63H,7-54H2,1-6H3. The number of rotatable bonds is 53. The van der Waals surface area contributed by atoms with Gasteiger partial charge >= 0.3 is 11.9 Å². The van der Waals surface area contributed by atoms with Crippen LogP contribution in [0, 0.1) is 11.8 Å². The fraction of sp³-hybridized carbons (Fsp3) is 0.966. The van der Waals surface area contributed by atoms with Crippen LogP contribution in [0.25, 0.3) is 0 Å². The molecule has 0 rings (SSSR count). The van der Waals surface area contributed by atoms with Gasteiger partial charge in [0.1, 0.15) is 0 Å². The van der Waals surface area contributed by atoms with Crippen molar-refractivity contribution >= 4 is 11.9 Å². The molecule has 0 saturated heterocycles. The number of aliphatic hydroxyl groups is 1. The van der Waals surface area contributed by atoms with Gasteiger partial charge < -0.3 is 19.5 Å². The summed E-state index contributed by atoms with van der Waals surface area (Å²) in [7, 11) is 0. The van der Waals surface area contributed by atoms with Crippen LogP contribution in [-0.4, -0.2) is 60.4 Å². The van der Waals surface area contributed by atoms with E-state index in [4.69, 9.17) is 9.47 Å². The van der Waals surface area contributed by atoms with Crippen LogP contribution in [0.4, 0.5) is 0 Å². The number of hydrogen-bond donors (Lipinski definition) is 1. The van der Waals surface area contributed by atoms with Crippen LogP contribution in [0.2, 0.25) is 0 Å². The predicted molar refractivity (Wildman–Crippen MR) is 283 cm³/mol. The highest BCUT2D eigenvalue weighted by molar-refractivity contribution is 5.72. The second kappa shape index (κ2) is 49.3. The minimum atomic E-state index is -0.611. The Kier molecular flexibility index (Phi) is 48.4. The molecular weight excluding hydrogens is 803 g/mol. The maximum atomic E-state index is 13.2. The molecule has 0 aromatic heterocycles. The smallest absolute Gasteiger partial charge is 0.308 e. The number of esters is 2. The third-order valence-corrected chi connectivity index (χ3v) is 14.3. The normalized spacial score (nSPS) is 13.6. The molecule has 0 aromatic rings. The number of nitrogens with zero attached hydrogens (tertiary/aromatic N) is 1. The highest BCUT2D eigenvalue weighted by atomic mass is 16.5. The predicted octanol–water partition coefficient (Wildman–Crippen LogP) is 18.2. The van der Waals surface area contributed by atoms with Gasteiger partial charge in [0.25, 0.3) is 0 Å². The molecule has 1 N–H and O–H groups in total. The van der Waals surface area contributed by atoms with E-state index in [0.717, 1.165) is 141 Å². The molecule has 0 aliphatic carbocycles.